The first-order valence-electron chi connectivity index (χ1n) is 6.27. The molecule has 0 saturated carbocycles. The second kappa shape index (κ2) is 6.02. The number of hydrogen-bond donors (Lipinski definition) is 0. The van der Waals surface area contributed by atoms with Gasteiger partial charge >= 0.3 is 0 Å². The molecule has 0 aliphatic carbocycles. The quantitative estimate of drug-likeness (QED) is 0.481. The van der Waals surface area contributed by atoms with Crippen molar-refractivity contribution in [1.82, 2.24) is 0 Å². The van der Waals surface area contributed by atoms with Gasteiger partial charge in [0.2, 0.25) is 0 Å². The molecular weight excluding hydrogens is 252 g/mol. The van der Waals surface area contributed by atoms with Crippen LogP contribution in [0.25, 0.3) is 12.2 Å². The molecule has 2 aromatic carbocycles. The number of benzene rings is 2. The van der Waals surface area contributed by atoms with Gasteiger partial charge in [0.1, 0.15) is 5.69 Å². The molecule has 0 amide bonds. The summed E-state index contributed by atoms with van der Waals surface area (Å²) in [7, 11) is 3.60. The summed E-state index contributed by atoms with van der Waals surface area (Å²) in [6.45, 7) is 0. The third-order valence-electron chi connectivity index (χ3n) is 2.97. The Bertz CT molecular complexity index is 634. The van der Waals surface area contributed by atoms with E-state index in [2.05, 4.69) is 0 Å². The van der Waals surface area contributed by atoms with E-state index in [4.69, 9.17) is 0 Å². The Hall–Kier alpha value is -2.62. The molecule has 102 valence electrons. The van der Waals surface area contributed by atoms with Gasteiger partial charge in [0, 0.05) is 14.1 Å². The van der Waals surface area contributed by atoms with Crippen molar-refractivity contribution in [3.8, 4) is 0 Å². The van der Waals surface area contributed by atoms with E-state index in [1.165, 1.54) is 0 Å². The number of nitro benzene ring substituents is 1. The average molecular weight is 268 g/mol. The molecule has 2 aromatic rings. The molecule has 0 saturated heterocycles. The Morgan fingerprint density at radius 3 is 2.30 bits per heavy atom. The van der Waals surface area contributed by atoms with Gasteiger partial charge in [0.25, 0.3) is 5.69 Å². The Morgan fingerprint density at radius 2 is 1.70 bits per heavy atom. The highest BCUT2D eigenvalue weighted by Crippen LogP contribution is 2.31. The van der Waals surface area contributed by atoms with Gasteiger partial charge < -0.3 is 4.90 Å². The monoisotopic (exact) mass is 268 g/mol. The van der Waals surface area contributed by atoms with Gasteiger partial charge in [-0.3, -0.25) is 10.1 Å². The smallest absolute Gasteiger partial charge is 0.299 e. The number of hydrogen-bond acceptors (Lipinski definition) is 3. The molecule has 2 rings (SSSR count). The molecule has 0 unspecified atom stereocenters. The van der Waals surface area contributed by atoms with Gasteiger partial charge in [-0.05, 0) is 23.8 Å². The lowest BCUT2D eigenvalue weighted by Gasteiger charge is -2.13. The number of nitrogens with zero attached hydrogens (tertiary/aromatic N) is 2. The second-order valence-electron chi connectivity index (χ2n) is 4.61. The predicted octanol–water partition coefficient (Wildman–Crippen LogP) is 3.83. The second-order valence-corrected chi connectivity index (χ2v) is 4.61. The zero-order valence-electron chi connectivity index (χ0n) is 11.5. The Balaban J connectivity index is 2.44. The molecule has 0 spiro atoms. The molecule has 4 nitrogen and oxygen atoms in total. The lowest BCUT2D eigenvalue weighted by Crippen LogP contribution is -2.11. The maximum Gasteiger partial charge on any atom is 0.299 e. The van der Waals surface area contributed by atoms with Crippen molar-refractivity contribution in [3.63, 3.8) is 0 Å². The summed E-state index contributed by atoms with van der Waals surface area (Å²) in [5.74, 6) is 0. The molecule has 20 heavy (non-hydrogen) atoms. The SMILES string of the molecule is CN(C)c1cccc(C=Cc2ccccc2)c1[N+](=O)[O-]. The topological polar surface area (TPSA) is 46.4 Å². The minimum atomic E-state index is -0.333. The maximum absolute atomic E-state index is 11.3. The third-order valence-corrected chi connectivity index (χ3v) is 2.97. The summed E-state index contributed by atoms with van der Waals surface area (Å²) in [5.41, 5.74) is 2.34. The normalized spacial score (nSPS) is 10.7. The first-order valence-corrected chi connectivity index (χ1v) is 6.27. The highest BCUT2D eigenvalue weighted by atomic mass is 16.6. The van der Waals surface area contributed by atoms with E-state index in [1.807, 2.05) is 42.5 Å². The summed E-state index contributed by atoms with van der Waals surface area (Å²) >= 11 is 0. The highest BCUT2D eigenvalue weighted by Gasteiger charge is 2.18. The maximum atomic E-state index is 11.3. The van der Waals surface area contributed by atoms with Gasteiger partial charge in [0.05, 0.1) is 10.5 Å². The fourth-order valence-corrected chi connectivity index (χ4v) is 1.99. The van der Waals surface area contributed by atoms with Crippen LogP contribution in [-0.2, 0) is 0 Å². The molecule has 0 aromatic heterocycles. The molecule has 0 atom stereocenters. The first-order chi connectivity index (χ1) is 9.59. The van der Waals surface area contributed by atoms with E-state index in [9.17, 15) is 10.1 Å². The Kier molecular flexibility index (Phi) is 4.15. The lowest BCUT2D eigenvalue weighted by molar-refractivity contribution is -0.384. The largest absolute Gasteiger partial charge is 0.372 e. The van der Waals surface area contributed by atoms with Gasteiger partial charge in [-0.2, -0.15) is 0 Å². The average Bonchev–Trinajstić information content (AvgIpc) is 2.45. The predicted molar refractivity (Wildman–Crippen MR) is 82.8 cm³/mol. The van der Waals surface area contributed by atoms with Crippen molar-refractivity contribution in [2.24, 2.45) is 0 Å². The Morgan fingerprint density at radius 1 is 1.00 bits per heavy atom. The minimum absolute atomic E-state index is 0.129. The summed E-state index contributed by atoms with van der Waals surface area (Å²) < 4.78 is 0. The zero-order valence-corrected chi connectivity index (χ0v) is 11.5. The zero-order chi connectivity index (χ0) is 14.5. The van der Waals surface area contributed by atoms with Gasteiger partial charge in [-0.15, -0.1) is 0 Å². The number of nitro groups is 1. The van der Waals surface area contributed by atoms with Crippen LogP contribution in [0.2, 0.25) is 0 Å². The van der Waals surface area contributed by atoms with Crippen LogP contribution in [-0.4, -0.2) is 19.0 Å². The van der Waals surface area contributed by atoms with Crippen LogP contribution >= 0.6 is 0 Å². The molecule has 4 heteroatoms. The van der Waals surface area contributed by atoms with Crippen LogP contribution in [0.4, 0.5) is 11.4 Å². The van der Waals surface area contributed by atoms with E-state index >= 15 is 0 Å². The first kappa shape index (κ1) is 13.8. The number of para-hydroxylation sites is 1. The third kappa shape index (κ3) is 3.03. The van der Waals surface area contributed by atoms with Crippen molar-refractivity contribution in [3.05, 3.63) is 69.8 Å². The summed E-state index contributed by atoms with van der Waals surface area (Å²) in [6.07, 6.45) is 3.66. The van der Waals surface area contributed by atoms with Crippen LogP contribution in [0.3, 0.4) is 0 Å². The number of rotatable bonds is 4. The van der Waals surface area contributed by atoms with Crippen LogP contribution in [0.5, 0.6) is 0 Å². The van der Waals surface area contributed by atoms with E-state index in [0.29, 0.717) is 11.3 Å². The van der Waals surface area contributed by atoms with Crippen molar-refractivity contribution < 1.29 is 4.92 Å². The molecule has 0 heterocycles. The van der Waals surface area contributed by atoms with Gasteiger partial charge in [0.15, 0.2) is 0 Å². The van der Waals surface area contributed by atoms with E-state index < -0.39 is 0 Å². The van der Waals surface area contributed by atoms with Crippen LogP contribution in [0.1, 0.15) is 11.1 Å². The van der Waals surface area contributed by atoms with E-state index in [0.717, 1.165) is 5.56 Å². The molecule has 0 bridgehead atoms. The van der Waals surface area contributed by atoms with Crippen molar-refractivity contribution in [2.75, 3.05) is 19.0 Å². The van der Waals surface area contributed by atoms with Gasteiger partial charge in [-0.25, -0.2) is 0 Å². The van der Waals surface area contributed by atoms with Crippen LogP contribution in [0, 0.1) is 10.1 Å². The minimum Gasteiger partial charge on any atom is -0.372 e. The lowest BCUT2D eigenvalue weighted by atomic mass is 10.1. The van der Waals surface area contributed by atoms with Crippen molar-refractivity contribution >= 4 is 23.5 Å². The van der Waals surface area contributed by atoms with Gasteiger partial charge in [-0.1, -0.05) is 42.5 Å². The molecule has 0 fully saturated rings. The number of anilines is 1. The summed E-state index contributed by atoms with van der Waals surface area (Å²) in [4.78, 5) is 12.7. The summed E-state index contributed by atoms with van der Waals surface area (Å²) in [6, 6.07) is 15.0. The standard InChI is InChI=1S/C16H16N2O2/c1-17(2)15-10-6-9-14(16(15)18(19)20)12-11-13-7-4-3-5-8-13/h3-12H,1-2H3. The summed E-state index contributed by atoms with van der Waals surface area (Å²) in [5, 5.41) is 11.3. The highest BCUT2D eigenvalue weighted by molar-refractivity contribution is 5.80. The molecule has 0 N–H and O–H groups in total. The molecule has 0 radical (unpaired) electrons. The van der Waals surface area contributed by atoms with Crippen molar-refractivity contribution in [2.45, 2.75) is 0 Å². The molecule has 0 aliphatic rings. The molecule has 0 aliphatic heterocycles. The van der Waals surface area contributed by atoms with E-state index in [-0.39, 0.29) is 10.6 Å². The van der Waals surface area contributed by atoms with Crippen LogP contribution < -0.4 is 4.90 Å². The van der Waals surface area contributed by atoms with E-state index in [1.54, 1.807) is 37.2 Å². The van der Waals surface area contributed by atoms with Crippen molar-refractivity contribution in [1.29, 1.82) is 0 Å². The molecular formula is C16H16N2O2. The fraction of sp³-hybridized carbons (Fsp3) is 0.125. The van der Waals surface area contributed by atoms with Crippen LogP contribution in [0.15, 0.2) is 48.5 Å². The fourth-order valence-electron chi connectivity index (χ4n) is 1.99. The Labute approximate surface area is 118 Å².